The molecule has 0 amide bonds. The fourth-order valence-corrected chi connectivity index (χ4v) is 3.57. The number of hydrogen-bond acceptors (Lipinski definition) is 3. The molecule has 0 radical (unpaired) electrons. The Kier molecular flexibility index (Phi) is 4.43. The Balaban J connectivity index is 2.13. The number of likely N-dealkylation sites (N-methyl/N-ethyl adjacent to an activating group) is 1. The lowest BCUT2D eigenvalue weighted by Crippen LogP contribution is -2.44. The van der Waals surface area contributed by atoms with Crippen LogP contribution in [0.15, 0.2) is 24.3 Å². The highest BCUT2D eigenvalue weighted by Crippen LogP contribution is 2.40. The zero-order chi connectivity index (χ0) is 15.8. The predicted molar refractivity (Wildman–Crippen MR) is 91.4 cm³/mol. The van der Waals surface area contributed by atoms with Gasteiger partial charge in [-0.2, -0.15) is 0 Å². The van der Waals surface area contributed by atoms with Crippen molar-refractivity contribution in [3.05, 3.63) is 35.4 Å². The van der Waals surface area contributed by atoms with Gasteiger partial charge < -0.3 is 10.5 Å². The first kappa shape index (κ1) is 16.4. The zero-order valence-corrected chi connectivity index (χ0v) is 14.5. The van der Waals surface area contributed by atoms with Crippen LogP contribution in [0, 0.1) is 0 Å². The van der Waals surface area contributed by atoms with E-state index in [1.165, 1.54) is 5.56 Å². The van der Waals surface area contributed by atoms with Gasteiger partial charge >= 0.3 is 0 Å². The first-order valence-corrected chi connectivity index (χ1v) is 7.81. The van der Waals surface area contributed by atoms with Crippen molar-refractivity contribution < 1.29 is 4.74 Å². The Morgan fingerprint density at radius 2 is 2.05 bits per heavy atom. The monoisotopic (exact) mass is 306 g/mol. The fraction of sp³-hybridized carbons (Fsp3) is 0.588. The van der Waals surface area contributed by atoms with Crippen LogP contribution >= 0.6 is 12.2 Å². The molecule has 21 heavy (non-hydrogen) atoms. The normalized spacial score (nSPS) is 23.4. The van der Waals surface area contributed by atoms with Gasteiger partial charge in [0.25, 0.3) is 0 Å². The van der Waals surface area contributed by atoms with Crippen LogP contribution in [0.1, 0.15) is 45.2 Å². The van der Waals surface area contributed by atoms with E-state index in [1.807, 2.05) is 12.1 Å². The average molecular weight is 306 g/mol. The van der Waals surface area contributed by atoms with Crippen LogP contribution in [0.4, 0.5) is 0 Å². The summed E-state index contributed by atoms with van der Waals surface area (Å²) in [6, 6.07) is 8.55. The quantitative estimate of drug-likeness (QED) is 0.868. The summed E-state index contributed by atoms with van der Waals surface area (Å²) in [4.78, 5) is 2.82. The van der Waals surface area contributed by atoms with Gasteiger partial charge in [-0.05, 0) is 52.8 Å². The van der Waals surface area contributed by atoms with E-state index in [1.54, 1.807) is 0 Å². The molecule has 1 aromatic carbocycles. The summed E-state index contributed by atoms with van der Waals surface area (Å²) in [6.45, 7) is 9.54. The molecule has 1 aliphatic rings. The molecule has 2 rings (SSSR count). The highest BCUT2D eigenvalue weighted by molar-refractivity contribution is 7.80. The van der Waals surface area contributed by atoms with Gasteiger partial charge in [0.2, 0.25) is 0 Å². The minimum absolute atomic E-state index is 0.0664. The van der Waals surface area contributed by atoms with E-state index in [4.69, 9.17) is 22.7 Å². The average Bonchev–Trinajstić information content (AvgIpc) is 2.57. The topological polar surface area (TPSA) is 38.5 Å². The molecule has 1 fully saturated rings. The second-order valence-electron chi connectivity index (χ2n) is 7.16. The lowest BCUT2D eigenvalue weighted by atomic mass is 9.93. The van der Waals surface area contributed by atoms with Crippen molar-refractivity contribution in [3.63, 3.8) is 0 Å². The molecule has 0 aromatic heterocycles. The van der Waals surface area contributed by atoms with Gasteiger partial charge in [0, 0.05) is 18.2 Å². The second-order valence-corrected chi connectivity index (χ2v) is 7.60. The SMILES string of the molecule is CN(Cc1cccc(C(N)=S)c1)C1CC(C)(C)OC1(C)C. The van der Waals surface area contributed by atoms with Crippen molar-refractivity contribution in [2.45, 2.75) is 57.9 Å². The maximum Gasteiger partial charge on any atom is 0.103 e. The van der Waals surface area contributed by atoms with Crippen molar-refractivity contribution in [2.24, 2.45) is 5.73 Å². The molecular formula is C17H26N2OS. The molecular weight excluding hydrogens is 280 g/mol. The number of ether oxygens (including phenoxy) is 1. The Hall–Kier alpha value is -0.970. The van der Waals surface area contributed by atoms with Crippen LogP contribution in [-0.4, -0.2) is 34.2 Å². The number of benzene rings is 1. The van der Waals surface area contributed by atoms with Gasteiger partial charge in [0.05, 0.1) is 11.2 Å². The van der Waals surface area contributed by atoms with E-state index in [-0.39, 0.29) is 11.2 Å². The molecule has 4 heteroatoms. The lowest BCUT2D eigenvalue weighted by molar-refractivity contribution is -0.0791. The molecule has 0 bridgehead atoms. The summed E-state index contributed by atoms with van der Waals surface area (Å²) < 4.78 is 6.19. The number of thiocarbonyl (C=S) groups is 1. The van der Waals surface area contributed by atoms with E-state index in [0.29, 0.717) is 11.0 Å². The minimum Gasteiger partial charge on any atom is -0.389 e. The molecule has 1 aromatic rings. The third kappa shape index (κ3) is 3.82. The molecule has 1 atom stereocenters. The van der Waals surface area contributed by atoms with Gasteiger partial charge in [-0.15, -0.1) is 0 Å². The highest BCUT2D eigenvalue weighted by Gasteiger charge is 2.47. The fourth-order valence-electron chi connectivity index (χ4n) is 3.44. The van der Waals surface area contributed by atoms with Crippen molar-refractivity contribution in [2.75, 3.05) is 7.05 Å². The van der Waals surface area contributed by atoms with E-state index in [9.17, 15) is 0 Å². The molecule has 0 aliphatic carbocycles. The van der Waals surface area contributed by atoms with Crippen LogP contribution in [-0.2, 0) is 11.3 Å². The number of nitrogens with zero attached hydrogens (tertiary/aromatic N) is 1. The summed E-state index contributed by atoms with van der Waals surface area (Å²) in [7, 11) is 2.16. The summed E-state index contributed by atoms with van der Waals surface area (Å²) >= 11 is 5.05. The summed E-state index contributed by atoms with van der Waals surface area (Å²) in [5.74, 6) is 0. The maximum atomic E-state index is 6.19. The van der Waals surface area contributed by atoms with Gasteiger partial charge in [-0.3, -0.25) is 4.90 Å². The molecule has 1 unspecified atom stereocenters. The molecule has 116 valence electrons. The summed E-state index contributed by atoms with van der Waals surface area (Å²) in [6.07, 6.45) is 1.03. The Bertz CT molecular complexity index is 539. The molecule has 3 nitrogen and oxygen atoms in total. The van der Waals surface area contributed by atoms with Crippen molar-refractivity contribution in [1.82, 2.24) is 4.90 Å². The molecule has 1 aliphatic heterocycles. The van der Waals surface area contributed by atoms with E-state index in [0.717, 1.165) is 18.5 Å². The Labute approximate surface area is 133 Å². The molecule has 0 saturated carbocycles. The summed E-state index contributed by atoms with van der Waals surface area (Å²) in [5.41, 5.74) is 7.66. The van der Waals surface area contributed by atoms with Gasteiger partial charge in [-0.1, -0.05) is 30.4 Å². The van der Waals surface area contributed by atoms with Crippen LogP contribution in [0.2, 0.25) is 0 Å². The summed E-state index contributed by atoms with van der Waals surface area (Å²) in [5, 5.41) is 0. The van der Waals surface area contributed by atoms with E-state index >= 15 is 0 Å². The number of nitrogens with two attached hydrogens (primary N) is 1. The van der Waals surface area contributed by atoms with Gasteiger partial charge in [0.1, 0.15) is 4.99 Å². The van der Waals surface area contributed by atoms with Gasteiger partial charge in [-0.25, -0.2) is 0 Å². The lowest BCUT2D eigenvalue weighted by Gasteiger charge is -2.33. The van der Waals surface area contributed by atoms with E-state index < -0.39 is 0 Å². The Morgan fingerprint density at radius 3 is 2.57 bits per heavy atom. The van der Waals surface area contributed by atoms with Gasteiger partial charge in [0.15, 0.2) is 0 Å². The minimum atomic E-state index is -0.140. The third-order valence-electron chi connectivity index (χ3n) is 4.20. The smallest absolute Gasteiger partial charge is 0.103 e. The van der Waals surface area contributed by atoms with Crippen LogP contribution in [0.3, 0.4) is 0 Å². The van der Waals surface area contributed by atoms with E-state index in [2.05, 4.69) is 51.8 Å². The standard InChI is InChI=1S/C17H26N2OS/c1-16(2)10-14(17(3,4)20-16)19(5)11-12-7-6-8-13(9-12)15(18)21/h6-9,14H,10-11H2,1-5H3,(H2,18,21). The third-order valence-corrected chi connectivity index (χ3v) is 4.44. The largest absolute Gasteiger partial charge is 0.389 e. The van der Waals surface area contributed by atoms with Crippen LogP contribution < -0.4 is 5.73 Å². The maximum absolute atomic E-state index is 6.19. The molecule has 1 heterocycles. The van der Waals surface area contributed by atoms with Crippen LogP contribution in [0.25, 0.3) is 0 Å². The van der Waals surface area contributed by atoms with Crippen molar-refractivity contribution in [1.29, 1.82) is 0 Å². The Morgan fingerprint density at radius 1 is 1.38 bits per heavy atom. The second kappa shape index (κ2) is 5.67. The number of hydrogen-bond donors (Lipinski definition) is 1. The van der Waals surface area contributed by atoms with Crippen molar-refractivity contribution >= 4 is 17.2 Å². The molecule has 1 saturated heterocycles. The first-order chi connectivity index (χ1) is 9.61. The van der Waals surface area contributed by atoms with Crippen LogP contribution in [0.5, 0.6) is 0 Å². The molecule has 2 N–H and O–H groups in total. The zero-order valence-electron chi connectivity index (χ0n) is 13.6. The van der Waals surface area contributed by atoms with Crippen molar-refractivity contribution in [3.8, 4) is 0 Å². The molecule has 0 spiro atoms. The number of rotatable bonds is 4. The first-order valence-electron chi connectivity index (χ1n) is 7.40. The highest BCUT2D eigenvalue weighted by atomic mass is 32.1. The predicted octanol–water partition coefficient (Wildman–Crippen LogP) is 3.10.